The van der Waals surface area contributed by atoms with E-state index in [1.54, 1.807) is 6.92 Å². The minimum absolute atomic E-state index is 0.108. The van der Waals surface area contributed by atoms with Crippen LogP contribution in [0, 0.1) is 10.1 Å². The van der Waals surface area contributed by atoms with Crippen molar-refractivity contribution >= 4 is 23.2 Å². The summed E-state index contributed by atoms with van der Waals surface area (Å²) in [4.78, 5) is 33.0. The molecule has 0 aliphatic carbocycles. The van der Waals surface area contributed by atoms with Gasteiger partial charge in [-0.05, 0) is 19.4 Å². The molecule has 7 nitrogen and oxygen atoms in total. The van der Waals surface area contributed by atoms with Crippen LogP contribution >= 0.6 is 0 Å². The Morgan fingerprint density at radius 2 is 2.05 bits per heavy atom. The monoisotopic (exact) mass is 265 g/mol. The van der Waals surface area contributed by atoms with Crippen LogP contribution in [-0.4, -0.2) is 22.8 Å². The average molecular weight is 265 g/mol. The van der Waals surface area contributed by atoms with E-state index in [-0.39, 0.29) is 17.4 Å². The molecule has 1 unspecified atom stereocenters. The number of nitrogens with one attached hydrogen (secondary N) is 2. The first kappa shape index (κ1) is 14.6. The number of carbonyl (C=O) groups is 2. The summed E-state index contributed by atoms with van der Waals surface area (Å²) in [5, 5.41) is 15.4. The van der Waals surface area contributed by atoms with Crippen molar-refractivity contribution < 1.29 is 14.5 Å². The van der Waals surface area contributed by atoms with Gasteiger partial charge in [0.1, 0.15) is 0 Å². The van der Waals surface area contributed by atoms with Gasteiger partial charge < -0.3 is 10.6 Å². The van der Waals surface area contributed by atoms with Gasteiger partial charge in [0.15, 0.2) is 0 Å². The summed E-state index contributed by atoms with van der Waals surface area (Å²) in [6.07, 6.45) is 0.704. The molecule has 0 aliphatic heterocycles. The van der Waals surface area contributed by atoms with Gasteiger partial charge in [0.2, 0.25) is 0 Å². The lowest BCUT2D eigenvalue weighted by Gasteiger charge is -2.11. The van der Waals surface area contributed by atoms with Crippen LogP contribution in [0.2, 0.25) is 0 Å². The van der Waals surface area contributed by atoms with Gasteiger partial charge in [-0.1, -0.05) is 13.0 Å². The second kappa shape index (κ2) is 6.48. The third-order valence-corrected chi connectivity index (χ3v) is 2.51. The molecule has 102 valence electrons. The van der Waals surface area contributed by atoms with Gasteiger partial charge in [0.25, 0.3) is 5.69 Å². The SMILES string of the molecule is CCC(C)NC(=O)C(=O)Nc1cccc([N+](=O)[O-])c1. The van der Waals surface area contributed by atoms with Gasteiger partial charge in [0.05, 0.1) is 4.92 Å². The zero-order valence-corrected chi connectivity index (χ0v) is 10.7. The molecule has 0 heterocycles. The lowest BCUT2D eigenvalue weighted by molar-refractivity contribution is -0.384. The second-order valence-electron chi connectivity index (χ2n) is 4.04. The Balaban J connectivity index is 2.69. The van der Waals surface area contributed by atoms with Crippen LogP contribution in [0.5, 0.6) is 0 Å². The zero-order valence-electron chi connectivity index (χ0n) is 10.7. The standard InChI is InChI=1S/C12H15N3O4/c1-3-8(2)13-11(16)12(17)14-9-5-4-6-10(7-9)15(18)19/h4-8H,3H2,1-2H3,(H,13,16)(H,14,17). The quantitative estimate of drug-likeness (QED) is 0.488. The molecule has 0 aliphatic rings. The van der Waals surface area contributed by atoms with Gasteiger partial charge in [-0.25, -0.2) is 0 Å². The molecule has 1 aromatic rings. The molecule has 0 aromatic heterocycles. The Morgan fingerprint density at radius 3 is 2.63 bits per heavy atom. The summed E-state index contributed by atoms with van der Waals surface area (Å²) < 4.78 is 0. The van der Waals surface area contributed by atoms with E-state index in [0.29, 0.717) is 6.42 Å². The van der Waals surface area contributed by atoms with Crippen LogP contribution in [0.15, 0.2) is 24.3 Å². The van der Waals surface area contributed by atoms with E-state index in [4.69, 9.17) is 0 Å². The molecule has 2 N–H and O–H groups in total. The number of nitrogens with zero attached hydrogens (tertiary/aromatic N) is 1. The van der Waals surface area contributed by atoms with E-state index in [1.165, 1.54) is 24.3 Å². The van der Waals surface area contributed by atoms with Crippen molar-refractivity contribution in [3.05, 3.63) is 34.4 Å². The van der Waals surface area contributed by atoms with Gasteiger partial charge in [-0.15, -0.1) is 0 Å². The molecule has 0 bridgehead atoms. The number of nitro groups is 1. The Hall–Kier alpha value is -2.44. The number of hydrogen-bond donors (Lipinski definition) is 2. The van der Waals surface area contributed by atoms with E-state index in [2.05, 4.69) is 10.6 Å². The molecule has 1 atom stereocenters. The zero-order chi connectivity index (χ0) is 14.4. The molecule has 0 saturated heterocycles. The third-order valence-electron chi connectivity index (χ3n) is 2.51. The molecule has 1 rings (SSSR count). The van der Waals surface area contributed by atoms with Crippen LogP contribution in [0.25, 0.3) is 0 Å². The lowest BCUT2D eigenvalue weighted by Crippen LogP contribution is -2.40. The van der Waals surface area contributed by atoms with Gasteiger partial charge >= 0.3 is 11.8 Å². The first-order valence-corrected chi connectivity index (χ1v) is 5.80. The average Bonchev–Trinajstić information content (AvgIpc) is 2.38. The van der Waals surface area contributed by atoms with Crippen molar-refractivity contribution in [3.63, 3.8) is 0 Å². The van der Waals surface area contributed by atoms with E-state index >= 15 is 0 Å². The maximum Gasteiger partial charge on any atom is 0.313 e. The first-order chi connectivity index (χ1) is 8.93. The van der Waals surface area contributed by atoms with Crippen LogP contribution in [0.4, 0.5) is 11.4 Å². The van der Waals surface area contributed by atoms with Crippen molar-refractivity contribution in [3.8, 4) is 0 Å². The molecule has 0 fully saturated rings. The predicted octanol–water partition coefficient (Wildman–Crippen LogP) is 1.45. The Bertz CT molecular complexity index is 502. The van der Waals surface area contributed by atoms with Crippen molar-refractivity contribution in [1.29, 1.82) is 0 Å². The number of anilines is 1. The summed E-state index contributed by atoms with van der Waals surface area (Å²) in [6.45, 7) is 3.65. The highest BCUT2D eigenvalue weighted by atomic mass is 16.6. The summed E-state index contributed by atoms with van der Waals surface area (Å²) >= 11 is 0. The summed E-state index contributed by atoms with van der Waals surface area (Å²) in [5.41, 5.74) is 0.0543. The van der Waals surface area contributed by atoms with Crippen molar-refractivity contribution in [2.75, 3.05) is 5.32 Å². The number of hydrogen-bond acceptors (Lipinski definition) is 4. The minimum Gasteiger partial charge on any atom is -0.345 e. The van der Waals surface area contributed by atoms with E-state index in [1.807, 2.05) is 6.92 Å². The highest BCUT2D eigenvalue weighted by Crippen LogP contribution is 2.16. The van der Waals surface area contributed by atoms with E-state index in [0.717, 1.165) is 0 Å². The topological polar surface area (TPSA) is 101 Å². The van der Waals surface area contributed by atoms with Crippen LogP contribution in [0.1, 0.15) is 20.3 Å². The van der Waals surface area contributed by atoms with E-state index in [9.17, 15) is 19.7 Å². The van der Waals surface area contributed by atoms with Crippen LogP contribution in [0.3, 0.4) is 0 Å². The fraction of sp³-hybridized carbons (Fsp3) is 0.333. The molecule has 1 aromatic carbocycles. The van der Waals surface area contributed by atoms with Gasteiger partial charge in [-0.2, -0.15) is 0 Å². The fourth-order valence-corrected chi connectivity index (χ4v) is 1.28. The maximum atomic E-state index is 11.6. The minimum atomic E-state index is -0.846. The van der Waals surface area contributed by atoms with Gasteiger partial charge in [0, 0.05) is 23.9 Å². The number of non-ortho nitro benzene ring substituents is 1. The predicted molar refractivity (Wildman–Crippen MR) is 69.6 cm³/mol. The molecular weight excluding hydrogens is 250 g/mol. The molecule has 0 radical (unpaired) electrons. The number of benzene rings is 1. The summed E-state index contributed by atoms with van der Waals surface area (Å²) in [5.74, 6) is -1.61. The van der Waals surface area contributed by atoms with E-state index < -0.39 is 16.7 Å². The smallest absolute Gasteiger partial charge is 0.313 e. The molecule has 0 spiro atoms. The maximum absolute atomic E-state index is 11.6. The first-order valence-electron chi connectivity index (χ1n) is 5.80. The fourth-order valence-electron chi connectivity index (χ4n) is 1.28. The number of amides is 2. The summed E-state index contributed by atoms with van der Waals surface area (Å²) in [7, 11) is 0. The lowest BCUT2D eigenvalue weighted by atomic mass is 10.2. The van der Waals surface area contributed by atoms with Crippen molar-refractivity contribution in [2.45, 2.75) is 26.3 Å². The largest absolute Gasteiger partial charge is 0.345 e. The van der Waals surface area contributed by atoms with Crippen molar-refractivity contribution in [1.82, 2.24) is 5.32 Å². The molecular formula is C12H15N3O4. The van der Waals surface area contributed by atoms with Crippen LogP contribution in [-0.2, 0) is 9.59 Å². The second-order valence-corrected chi connectivity index (χ2v) is 4.04. The highest BCUT2D eigenvalue weighted by Gasteiger charge is 2.16. The number of nitro benzene ring substituents is 1. The summed E-state index contributed by atoms with van der Waals surface area (Å²) in [6, 6.07) is 5.29. The number of rotatable bonds is 4. The Morgan fingerprint density at radius 1 is 1.37 bits per heavy atom. The molecule has 2 amide bonds. The van der Waals surface area contributed by atoms with Crippen molar-refractivity contribution in [2.24, 2.45) is 0 Å². The molecule has 19 heavy (non-hydrogen) atoms. The molecule has 0 saturated carbocycles. The van der Waals surface area contributed by atoms with Crippen LogP contribution < -0.4 is 10.6 Å². The molecule has 7 heteroatoms. The Labute approximate surface area is 110 Å². The van der Waals surface area contributed by atoms with Gasteiger partial charge in [-0.3, -0.25) is 19.7 Å². The Kier molecular flexibility index (Phi) is 4.99. The third kappa shape index (κ3) is 4.38. The number of carbonyl (C=O) groups excluding carboxylic acids is 2. The normalized spacial score (nSPS) is 11.5. The highest BCUT2D eigenvalue weighted by molar-refractivity contribution is 6.39.